The maximum atomic E-state index is 12.8. The first-order valence-electron chi connectivity index (χ1n) is 8.44. The lowest BCUT2D eigenvalue weighted by atomic mass is 10.1. The molecular formula is C21H19NO5. The highest BCUT2D eigenvalue weighted by Gasteiger charge is 2.36. The van der Waals surface area contributed by atoms with Crippen molar-refractivity contribution in [2.24, 2.45) is 0 Å². The van der Waals surface area contributed by atoms with Crippen LogP contribution in [0.25, 0.3) is 6.08 Å². The minimum atomic E-state index is -0.727. The zero-order valence-electron chi connectivity index (χ0n) is 15.0. The molecule has 27 heavy (non-hydrogen) atoms. The Balaban J connectivity index is 1.93. The minimum absolute atomic E-state index is 0.0322. The highest BCUT2D eigenvalue weighted by Crippen LogP contribution is 2.29. The van der Waals surface area contributed by atoms with Gasteiger partial charge < -0.3 is 19.5 Å². The second-order valence-corrected chi connectivity index (χ2v) is 5.63. The number of para-hydroxylation sites is 1. The van der Waals surface area contributed by atoms with E-state index in [0.29, 0.717) is 17.0 Å². The molecule has 1 heterocycles. The molecule has 6 nitrogen and oxygen atoms in total. The molecule has 0 saturated heterocycles. The van der Waals surface area contributed by atoms with Crippen molar-refractivity contribution < 1.29 is 23.8 Å². The molecule has 0 radical (unpaired) electrons. The van der Waals surface area contributed by atoms with Crippen LogP contribution in [0, 0.1) is 0 Å². The number of hydrogen-bond donors (Lipinski definition) is 1. The quantitative estimate of drug-likeness (QED) is 0.480. The SMILES string of the molecule is CCOC(=O)C1=C(Nc2ccccc2)O/C(=C\c2cccc(OC)c2)C1=O. The first kappa shape index (κ1) is 18.3. The van der Waals surface area contributed by atoms with Crippen molar-refractivity contribution in [3.05, 3.63) is 77.4 Å². The van der Waals surface area contributed by atoms with E-state index in [-0.39, 0.29) is 23.8 Å². The highest BCUT2D eigenvalue weighted by atomic mass is 16.5. The van der Waals surface area contributed by atoms with Crippen LogP contribution >= 0.6 is 0 Å². The van der Waals surface area contributed by atoms with Gasteiger partial charge in [-0.25, -0.2) is 4.79 Å². The van der Waals surface area contributed by atoms with Gasteiger partial charge in [0.15, 0.2) is 11.3 Å². The van der Waals surface area contributed by atoms with Crippen LogP contribution in [0.1, 0.15) is 12.5 Å². The maximum Gasteiger partial charge on any atom is 0.347 e. The molecule has 0 bridgehead atoms. The van der Waals surface area contributed by atoms with Crippen LogP contribution in [-0.4, -0.2) is 25.5 Å². The van der Waals surface area contributed by atoms with Gasteiger partial charge >= 0.3 is 5.97 Å². The lowest BCUT2D eigenvalue weighted by Gasteiger charge is -2.08. The van der Waals surface area contributed by atoms with E-state index in [1.54, 1.807) is 56.5 Å². The highest BCUT2D eigenvalue weighted by molar-refractivity contribution is 6.26. The number of nitrogens with one attached hydrogen (secondary N) is 1. The van der Waals surface area contributed by atoms with E-state index in [0.717, 1.165) is 0 Å². The van der Waals surface area contributed by atoms with Crippen LogP contribution in [0.2, 0.25) is 0 Å². The van der Waals surface area contributed by atoms with Crippen molar-refractivity contribution in [1.82, 2.24) is 0 Å². The number of methoxy groups -OCH3 is 1. The summed E-state index contributed by atoms with van der Waals surface area (Å²) in [4.78, 5) is 25.0. The van der Waals surface area contributed by atoms with Crippen LogP contribution in [-0.2, 0) is 19.1 Å². The van der Waals surface area contributed by atoms with E-state index in [2.05, 4.69) is 5.32 Å². The van der Waals surface area contributed by atoms with Crippen molar-refractivity contribution in [2.75, 3.05) is 19.0 Å². The Labute approximate surface area is 157 Å². The van der Waals surface area contributed by atoms with Crippen LogP contribution in [0.4, 0.5) is 5.69 Å². The molecule has 0 fully saturated rings. The molecule has 138 valence electrons. The number of carbonyl (C=O) groups is 2. The van der Waals surface area contributed by atoms with Crippen molar-refractivity contribution >= 4 is 23.5 Å². The monoisotopic (exact) mass is 365 g/mol. The summed E-state index contributed by atoms with van der Waals surface area (Å²) in [5.41, 5.74) is 1.24. The number of esters is 1. The van der Waals surface area contributed by atoms with E-state index in [1.807, 2.05) is 18.2 Å². The molecule has 6 heteroatoms. The zero-order chi connectivity index (χ0) is 19.2. The molecule has 0 aliphatic carbocycles. The Morgan fingerprint density at radius 1 is 1.15 bits per heavy atom. The summed E-state index contributed by atoms with van der Waals surface area (Å²) in [5, 5.41) is 2.97. The van der Waals surface area contributed by atoms with Crippen LogP contribution in [0.3, 0.4) is 0 Å². The first-order chi connectivity index (χ1) is 13.1. The molecule has 1 aliphatic heterocycles. The van der Waals surface area contributed by atoms with Crippen LogP contribution in [0.5, 0.6) is 5.75 Å². The summed E-state index contributed by atoms with van der Waals surface area (Å²) in [6.45, 7) is 1.83. The average Bonchev–Trinajstić information content (AvgIpc) is 2.98. The second kappa shape index (κ2) is 8.23. The van der Waals surface area contributed by atoms with Gasteiger partial charge in [0.1, 0.15) is 5.75 Å². The van der Waals surface area contributed by atoms with Gasteiger partial charge in [-0.15, -0.1) is 0 Å². The summed E-state index contributed by atoms with van der Waals surface area (Å²) in [6, 6.07) is 16.3. The van der Waals surface area contributed by atoms with E-state index >= 15 is 0 Å². The summed E-state index contributed by atoms with van der Waals surface area (Å²) in [7, 11) is 1.56. The topological polar surface area (TPSA) is 73.9 Å². The molecule has 1 N–H and O–H groups in total. The van der Waals surface area contributed by atoms with Gasteiger partial charge in [0, 0.05) is 5.69 Å². The fourth-order valence-corrected chi connectivity index (χ4v) is 2.54. The van der Waals surface area contributed by atoms with Gasteiger partial charge in [0.25, 0.3) is 0 Å². The van der Waals surface area contributed by atoms with Gasteiger partial charge in [0.05, 0.1) is 13.7 Å². The van der Waals surface area contributed by atoms with Gasteiger partial charge in [0.2, 0.25) is 11.7 Å². The van der Waals surface area contributed by atoms with Crippen molar-refractivity contribution in [3.8, 4) is 5.75 Å². The fourth-order valence-electron chi connectivity index (χ4n) is 2.54. The predicted octanol–water partition coefficient (Wildman–Crippen LogP) is 3.52. The molecule has 0 amide bonds. The number of ketones is 1. The first-order valence-corrected chi connectivity index (χ1v) is 8.44. The molecular weight excluding hydrogens is 346 g/mol. The summed E-state index contributed by atoms with van der Waals surface area (Å²) < 4.78 is 15.9. The summed E-state index contributed by atoms with van der Waals surface area (Å²) in [5.74, 6) is -0.524. The average molecular weight is 365 g/mol. The third-order valence-electron chi connectivity index (χ3n) is 3.79. The maximum absolute atomic E-state index is 12.8. The number of carbonyl (C=O) groups excluding carboxylic acids is 2. The van der Waals surface area contributed by atoms with E-state index in [9.17, 15) is 9.59 Å². The molecule has 0 spiro atoms. The Morgan fingerprint density at radius 3 is 2.63 bits per heavy atom. The Hall–Kier alpha value is -3.54. The minimum Gasteiger partial charge on any atom is -0.497 e. The van der Waals surface area contributed by atoms with Gasteiger partial charge in [-0.1, -0.05) is 30.3 Å². The summed E-state index contributed by atoms with van der Waals surface area (Å²) >= 11 is 0. The number of hydrogen-bond acceptors (Lipinski definition) is 6. The van der Waals surface area contributed by atoms with Crippen molar-refractivity contribution in [3.63, 3.8) is 0 Å². The van der Waals surface area contributed by atoms with Crippen LogP contribution < -0.4 is 10.1 Å². The molecule has 1 aliphatic rings. The van der Waals surface area contributed by atoms with Crippen molar-refractivity contribution in [1.29, 1.82) is 0 Å². The molecule has 2 aromatic rings. The second-order valence-electron chi connectivity index (χ2n) is 5.63. The molecule has 0 saturated carbocycles. The Morgan fingerprint density at radius 2 is 1.93 bits per heavy atom. The number of rotatable bonds is 6. The third-order valence-corrected chi connectivity index (χ3v) is 3.79. The smallest absolute Gasteiger partial charge is 0.347 e. The molecule has 0 unspecified atom stereocenters. The lowest BCUT2D eigenvalue weighted by molar-refractivity contribution is -0.139. The van der Waals surface area contributed by atoms with Gasteiger partial charge in [-0.05, 0) is 42.8 Å². The molecule has 3 rings (SSSR count). The number of benzene rings is 2. The zero-order valence-corrected chi connectivity index (χ0v) is 15.0. The Kier molecular flexibility index (Phi) is 5.56. The van der Waals surface area contributed by atoms with E-state index in [1.165, 1.54) is 0 Å². The number of anilines is 1. The van der Waals surface area contributed by atoms with Crippen LogP contribution in [0.15, 0.2) is 71.8 Å². The summed E-state index contributed by atoms with van der Waals surface area (Å²) in [6.07, 6.45) is 1.56. The third kappa shape index (κ3) is 4.17. The van der Waals surface area contributed by atoms with Gasteiger partial charge in [-0.2, -0.15) is 0 Å². The standard InChI is InChI=1S/C21H19NO5/c1-3-26-21(24)18-19(23)17(13-14-8-7-11-16(12-14)25-2)27-20(18)22-15-9-5-4-6-10-15/h4-13,22H,3H2,1-2H3/b17-13-. The predicted molar refractivity (Wildman–Crippen MR) is 101 cm³/mol. The molecule has 2 aromatic carbocycles. The largest absolute Gasteiger partial charge is 0.497 e. The van der Waals surface area contributed by atoms with E-state index in [4.69, 9.17) is 14.2 Å². The normalized spacial score (nSPS) is 14.9. The molecule has 0 aromatic heterocycles. The number of Topliss-reactive ketones (excluding diaryl/α,β-unsaturated/α-hetero) is 1. The van der Waals surface area contributed by atoms with Gasteiger partial charge in [-0.3, -0.25) is 4.79 Å². The molecule has 0 atom stereocenters. The fraction of sp³-hybridized carbons (Fsp3) is 0.143. The number of allylic oxidation sites excluding steroid dienone is 1. The number of ether oxygens (including phenoxy) is 3. The Bertz CT molecular complexity index is 915. The lowest BCUT2D eigenvalue weighted by Crippen LogP contribution is -2.16. The van der Waals surface area contributed by atoms with Crippen molar-refractivity contribution in [2.45, 2.75) is 6.92 Å². The van der Waals surface area contributed by atoms with E-state index < -0.39 is 11.8 Å².